The first-order valence-electron chi connectivity index (χ1n) is 8.71. The van der Waals surface area contributed by atoms with Crippen LogP contribution in [-0.4, -0.2) is 20.0 Å². The monoisotopic (exact) mass is 391 g/mol. The third-order valence-electron chi connectivity index (χ3n) is 4.92. The number of aryl methyl sites for hydroxylation is 2. The molecule has 3 aromatic rings. The highest BCUT2D eigenvalue weighted by atomic mass is 32.2. The van der Waals surface area contributed by atoms with Crippen molar-refractivity contribution in [3.63, 3.8) is 0 Å². The summed E-state index contributed by atoms with van der Waals surface area (Å²) in [6.45, 7) is 3.63. The molecule has 0 aliphatic heterocycles. The van der Waals surface area contributed by atoms with Crippen molar-refractivity contribution < 1.29 is 18.0 Å². The minimum atomic E-state index is -3.92. The molecule has 3 aromatic carbocycles. The lowest BCUT2D eigenvalue weighted by Crippen LogP contribution is -2.22. The van der Waals surface area contributed by atoms with E-state index in [1.54, 1.807) is 24.3 Å². The van der Waals surface area contributed by atoms with E-state index in [2.05, 4.69) is 4.72 Å². The van der Waals surface area contributed by atoms with Crippen LogP contribution in [0.2, 0.25) is 0 Å². The number of carbonyl (C=O) groups is 2. The summed E-state index contributed by atoms with van der Waals surface area (Å²) in [7, 11) is -3.92. The van der Waals surface area contributed by atoms with E-state index in [1.807, 2.05) is 32.0 Å². The van der Waals surface area contributed by atoms with Gasteiger partial charge in [-0.25, -0.2) is 8.42 Å². The second-order valence-corrected chi connectivity index (χ2v) is 8.47. The molecule has 0 bridgehead atoms. The highest BCUT2D eigenvalue weighted by molar-refractivity contribution is 7.92. The van der Waals surface area contributed by atoms with Gasteiger partial charge < -0.3 is 0 Å². The lowest BCUT2D eigenvalue weighted by molar-refractivity contribution is 0.0979. The van der Waals surface area contributed by atoms with E-state index >= 15 is 0 Å². The van der Waals surface area contributed by atoms with Crippen LogP contribution in [0.15, 0.2) is 65.6 Å². The van der Waals surface area contributed by atoms with Crippen molar-refractivity contribution in [3.8, 4) is 0 Å². The molecular formula is C22H17NO4S. The Bertz CT molecular complexity index is 1240. The second-order valence-electron chi connectivity index (χ2n) is 6.78. The Labute approximate surface area is 163 Å². The Morgan fingerprint density at radius 2 is 1.21 bits per heavy atom. The third-order valence-corrected chi connectivity index (χ3v) is 6.27. The molecule has 1 N–H and O–H groups in total. The predicted octanol–water partition coefficient (Wildman–Crippen LogP) is 3.88. The minimum absolute atomic E-state index is 0.0607. The van der Waals surface area contributed by atoms with Crippen molar-refractivity contribution in [3.05, 3.63) is 94.0 Å². The summed E-state index contributed by atoms with van der Waals surface area (Å²) < 4.78 is 28.4. The van der Waals surface area contributed by atoms with E-state index in [4.69, 9.17) is 0 Å². The Morgan fingerprint density at radius 3 is 1.82 bits per heavy atom. The van der Waals surface area contributed by atoms with Crippen molar-refractivity contribution in [2.24, 2.45) is 0 Å². The molecular weight excluding hydrogens is 374 g/mol. The van der Waals surface area contributed by atoms with Crippen LogP contribution in [0, 0.1) is 13.8 Å². The van der Waals surface area contributed by atoms with Crippen LogP contribution in [0.1, 0.15) is 43.0 Å². The zero-order valence-electron chi connectivity index (χ0n) is 15.3. The molecule has 4 rings (SSSR count). The Hall–Kier alpha value is -3.25. The Balaban J connectivity index is 1.79. The number of para-hydroxylation sites is 1. The Kier molecular flexibility index (Phi) is 4.16. The molecule has 0 saturated carbocycles. The van der Waals surface area contributed by atoms with Gasteiger partial charge in [-0.15, -0.1) is 0 Å². The summed E-state index contributed by atoms with van der Waals surface area (Å²) in [4.78, 5) is 25.4. The fourth-order valence-electron chi connectivity index (χ4n) is 3.41. The van der Waals surface area contributed by atoms with E-state index in [0.29, 0.717) is 11.3 Å². The molecule has 0 atom stereocenters. The number of sulfonamides is 1. The van der Waals surface area contributed by atoms with Gasteiger partial charge in [0.2, 0.25) is 0 Å². The molecule has 0 unspecified atom stereocenters. The number of anilines is 1. The topological polar surface area (TPSA) is 80.3 Å². The molecule has 1 aliphatic rings. The highest BCUT2D eigenvalue weighted by Crippen LogP contribution is 2.30. The molecule has 140 valence electrons. The van der Waals surface area contributed by atoms with Gasteiger partial charge in [0.15, 0.2) is 11.6 Å². The average Bonchev–Trinajstić information content (AvgIpc) is 2.68. The lowest BCUT2D eigenvalue weighted by atomic mass is 9.84. The first kappa shape index (κ1) is 18.1. The fourth-order valence-corrected chi connectivity index (χ4v) is 4.64. The van der Waals surface area contributed by atoms with Gasteiger partial charge in [0.1, 0.15) is 0 Å². The number of carbonyl (C=O) groups excluding carboxylic acids is 2. The van der Waals surface area contributed by atoms with Gasteiger partial charge in [0.05, 0.1) is 10.6 Å². The summed E-state index contributed by atoms with van der Waals surface area (Å²) in [6.07, 6.45) is 0. The van der Waals surface area contributed by atoms with Gasteiger partial charge in [-0.05, 0) is 43.2 Å². The molecule has 0 aromatic heterocycles. The molecule has 0 saturated heterocycles. The molecule has 0 spiro atoms. The predicted molar refractivity (Wildman–Crippen MR) is 106 cm³/mol. The zero-order valence-corrected chi connectivity index (χ0v) is 16.1. The molecule has 5 nitrogen and oxygen atoms in total. The summed E-state index contributed by atoms with van der Waals surface area (Å²) >= 11 is 0. The van der Waals surface area contributed by atoms with Crippen LogP contribution >= 0.6 is 0 Å². The van der Waals surface area contributed by atoms with Crippen molar-refractivity contribution in [2.75, 3.05) is 4.72 Å². The van der Waals surface area contributed by atoms with Crippen molar-refractivity contribution >= 4 is 27.3 Å². The van der Waals surface area contributed by atoms with Gasteiger partial charge in [-0.1, -0.05) is 42.5 Å². The van der Waals surface area contributed by atoms with Crippen LogP contribution in [0.5, 0.6) is 0 Å². The van der Waals surface area contributed by atoms with Crippen molar-refractivity contribution in [1.82, 2.24) is 0 Å². The first-order valence-corrected chi connectivity index (χ1v) is 10.2. The van der Waals surface area contributed by atoms with Gasteiger partial charge in [0.25, 0.3) is 10.0 Å². The molecule has 28 heavy (non-hydrogen) atoms. The smallest absolute Gasteiger partial charge is 0.261 e. The molecule has 6 heteroatoms. The SMILES string of the molecule is Cc1cccc(C)c1NS(=O)(=O)c1ccc2c(c1)C(=O)c1ccccc1C2=O. The first-order chi connectivity index (χ1) is 13.3. The number of hydrogen-bond acceptors (Lipinski definition) is 4. The summed E-state index contributed by atoms with van der Waals surface area (Å²) in [5, 5.41) is 0. The number of rotatable bonds is 3. The molecule has 1 aliphatic carbocycles. The van der Waals surface area contributed by atoms with Crippen LogP contribution in [-0.2, 0) is 10.0 Å². The van der Waals surface area contributed by atoms with Crippen molar-refractivity contribution in [1.29, 1.82) is 0 Å². The molecule has 0 heterocycles. The van der Waals surface area contributed by atoms with E-state index in [0.717, 1.165) is 11.1 Å². The molecule has 0 radical (unpaired) electrons. The highest BCUT2D eigenvalue weighted by Gasteiger charge is 2.30. The normalized spacial score (nSPS) is 13.1. The van der Waals surface area contributed by atoms with Gasteiger partial charge in [-0.2, -0.15) is 0 Å². The summed E-state index contributed by atoms with van der Waals surface area (Å²) in [5.74, 6) is -0.633. The van der Waals surface area contributed by atoms with Crippen LogP contribution in [0.4, 0.5) is 5.69 Å². The van der Waals surface area contributed by atoms with Crippen LogP contribution in [0.25, 0.3) is 0 Å². The number of ketones is 2. The molecule has 0 fully saturated rings. The van der Waals surface area contributed by atoms with Gasteiger partial charge in [0, 0.05) is 22.3 Å². The van der Waals surface area contributed by atoms with Gasteiger partial charge >= 0.3 is 0 Å². The van der Waals surface area contributed by atoms with E-state index in [1.165, 1.54) is 18.2 Å². The van der Waals surface area contributed by atoms with E-state index in [9.17, 15) is 18.0 Å². The zero-order chi connectivity index (χ0) is 20.1. The summed E-state index contributed by atoms with van der Waals surface area (Å²) in [5.41, 5.74) is 3.04. The largest absolute Gasteiger partial charge is 0.289 e. The maximum absolute atomic E-state index is 12.9. The average molecular weight is 391 g/mol. The maximum atomic E-state index is 12.9. The van der Waals surface area contributed by atoms with Crippen LogP contribution in [0.3, 0.4) is 0 Å². The standard InChI is InChI=1S/C22H17NO4S/c1-13-6-5-7-14(2)20(13)23-28(26,27)15-10-11-18-19(12-15)22(25)17-9-4-3-8-16(17)21(18)24/h3-12,23H,1-2H3. The van der Waals surface area contributed by atoms with Crippen LogP contribution < -0.4 is 4.72 Å². The van der Waals surface area contributed by atoms with E-state index in [-0.39, 0.29) is 33.2 Å². The molecule has 0 amide bonds. The van der Waals surface area contributed by atoms with Crippen molar-refractivity contribution in [2.45, 2.75) is 18.7 Å². The summed E-state index contributed by atoms with van der Waals surface area (Å²) in [6, 6.07) is 16.1. The minimum Gasteiger partial charge on any atom is -0.289 e. The second kappa shape index (κ2) is 6.42. The Morgan fingerprint density at radius 1 is 0.679 bits per heavy atom. The number of fused-ring (bicyclic) bond motifs is 2. The quantitative estimate of drug-likeness (QED) is 0.575. The number of benzene rings is 3. The third kappa shape index (κ3) is 2.82. The lowest BCUT2D eigenvalue weighted by Gasteiger charge is -2.19. The number of hydrogen-bond donors (Lipinski definition) is 1. The fraction of sp³-hybridized carbons (Fsp3) is 0.0909. The van der Waals surface area contributed by atoms with Gasteiger partial charge in [-0.3, -0.25) is 14.3 Å². The maximum Gasteiger partial charge on any atom is 0.261 e. The number of nitrogens with one attached hydrogen (secondary N) is 1. The van der Waals surface area contributed by atoms with E-state index < -0.39 is 10.0 Å².